The summed E-state index contributed by atoms with van der Waals surface area (Å²) in [5.41, 5.74) is 4.73. The van der Waals surface area contributed by atoms with Crippen molar-refractivity contribution in [2.24, 2.45) is 4.99 Å². The molecule has 0 aliphatic carbocycles. The third-order valence-electron chi connectivity index (χ3n) is 4.70. The van der Waals surface area contributed by atoms with Gasteiger partial charge in [-0.15, -0.1) is 0 Å². The highest BCUT2D eigenvalue weighted by Gasteiger charge is 2.18. The molecule has 0 saturated carbocycles. The Hall–Kier alpha value is -2.69. The molecule has 1 aliphatic rings. The number of fused-ring (bicyclic) bond motifs is 1. The van der Waals surface area contributed by atoms with Crippen molar-refractivity contribution in [3.8, 4) is 23.0 Å². The van der Waals surface area contributed by atoms with Gasteiger partial charge in [0, 0.05) is 17.8 Å². The summed E-state index contributed by atoms with van der Waals surface area (Å²) in [6, 6.07) is 10.1. The minimum absolute atomic E-state index is 0.743. The second-order valence-electron chi connectivity index (χ2n) is 6.13. The van der Waals surface area contributed by atoms with E-state index in [1.54, 1.807) is 28.4 Å². The van der Waals surface area contributed by atoms with E-state index in [2.05, 4.69) is 12.1 Å². The molecule has 3 rings (SSSR count). The zero-order valence-electron chi connectivity index (χ0n) is 15.8. The van der Waals surface area contributed by atoms with Crippen LogP contribution in [-0.2, 0) is 12.8 Å². The summed E-state index contributed by atoms with van der Waals surface area (Å²) < 4.78 is 21.6. The molecule has 0 amide bonds. The predicted octanol–water partition coefficient (Wildman–Crippen LogP) is 3.70. The van der Waals surface area contributed by atoms with Crippen LogP contribution >= 0.6 is 0 Å². The molecule has 0 aromatic heterocycles. The van der Waals surface area contributed by atoms with Crippen LogP contribution in [0.25, 0.3) is 0 Å². The van der Waals surface area contributed by atoms with Crippen LogP contribution in [0.15, 0.2) is 35.3 Å². The number of nitrogens with zero attached hydrogens (tertiary/aromatic N) is 1. The quantitative estimate of drug-likeness (QED) is 0.760. The van der Waals surface area contributed by atoms with Crippen LogP contribution in [0.4, 0.5) is 0 Å². The SMILES string of the molecule is COc1ccc(CCC2=NCCc3cc(OC)c(OC)cc32)cc1OC. The number of aliphatic imine (C=N–C) groups is 1. The molecule has 26 heavy (non-hydrogen) atoms. The average molecular weight is 355 g/mol. The Morgan fingerprint density at radius 2 is 1.42 bits per heavy atom. The maximum atomic E-state index is 5.46. The highest BCUT2D eigenvalue weighted by atomic mass is 16.5. The van der Waals surface area contributed by atoms with Crippen molar-refractivity contribution in [1.82, 2.24) is 0 Å². The van der Waals surface area contributed by atoms with Crippen molar-refractivity contribution < 1.29 is 18.9 Å². The minimum atomic E-state index is 0.743. The maximum Gasteiger partial charge on any atom is 0.161 e. The second kappa shape index (κ2) is 8.13. The van der Waals surface area contributed by atoms with Crippen molar-refractivity contribution in [1.29, 1.82) is 0 Å². The maximum absolute atomic E-state index is 5.46. The molecule has 0 N–H and O–H groups in total. The molecule has 0 saturated heterocycles. The fourth-order valence-electron chi connectivity index (χ4n) is 3.31. The van der Waals surface area contributed by atoms with E-state index in [-0.39, 0.29) is 0 Å². The molecule has 1 heterocycles. The molecule has 138 valence electrons. The van der Waals surface area contributed by atoms with E-state index in [0.717, 1.165) is 60.1 Å². The first-order valence-electron chi connectivity index (χ1n) is 8.69. The Balaban J connectivity index is 1.81. The molecule has 0 unspecified atom stereocenters. The number of benzene rings is 2. The van der Waals surface area contributed by atoms with Crippen LogP contribution < -0.4 is 18.9 Å². The van der Waals surface area contributed by atoms with E-state index >= 15 is 0 Å². The Morgan fingerprint density at radius 3 is 2.12 bits per heavy atom. The second-order valence-corrected chi connectivity index (χ2v) is 6.13. The molecular formula is C21H25NO4. The van der Waals surface area contributed by atoms with Crippen molar-refractivity contribution in [3.63, 3.8) is 0 Å². The summed E-state index contributed by atoms with van der Waals surface area (Å²) in [6.07, 6.45) is 2.67. The van der Waals surface area contributed by atoms with E-state index in [1.165, 1.54) is 11.1 Å². The number of ether oxygens (including phenoxy) is 4. The minimum Gasteiger partial charge on any atom is -0.493 e. The Morgan fingerprint density at radius 1 is 0.769 bits per heavy atom. The Bertz CT molecular complexity index is 814. The third kappa shape index (κ3) is 3.62. The average Bonchev–Trinajstić information content (AvgIpc) is 2.70. The number of hydrogen-bond acceptors (Lipinski definition) is 5. The normalized spacial score (nSPS) is 12.8. The van der Waals surface area contributed by atoms with Gasteiger partial charge in [0.05, 0.1) is 28.4 Å². The number of methoxy groups -OCH3 is 4. The lowest BCUT2D eigenvalue weighted by molar-refractivity contribution is 0.354. The highest BCUT2D eigenvalue weighted by Crippen LogP contribution is 2.33. The molecular weight excluding hydrogens is 330 g/mol. The summed E-state index contributed by atoms with van der Waals surface area (Å²) in [6.45, 7) is 0.809. The van der Waals surface area contributed by atoms with Crippen molar-refractivity contribution >= 4 is 5.71 Å². The van der Waals surface area contributed by atoms with E-state index in [9.17, 15) is 0 Å². The largest absolute Gasteiger partial charge is 0.493 e. The Kier molecular flexibility index (Phi) is 5.66. The molecule has 5 nitrogen and oxygen atoms in total. The predicted molar refractivity (Wildman–Crippen MR) is 103 cm³/mol. The van der Waals surface area contributed by atoms with Crippen LogP contribution in [0.3, 0.4) is 0 Å². The van der Waals surface area contributed by atoms with Crippen molar-refractivity contribution in [2.75, 3.05) is 35.0 Å². The topological polar surface area (TPSA) is 49.3 Å². The molecule has 1 aliphatic heterocycles. The van der Waals surface area contributed by atoms with E-state index < -0.39 is 0 Å². The van der Waals surface area contributed by atoms with E-state index in [0.29, 0.717) is 0 Å². The first-order valence-corrected chi connectivity index (χ1v) is 8.69. The van der Waals surface area contributed by atoms with E-state index in [4.69, 9.17) is 23.9 Å². The number of hydrogen-bond donors (Lipinski definition) is 0. The van der Waals surface area contributed by atoms with Gasteiger partial charge in [-0.1, -0.05) is 6.07 Å². The fourth-order valence-corrected chi connectivity index (χ4v) is 3.31. The summed E-state index contributed by atoms with van der Waals surface area (Å²) in [7, 11) is 6.63. The molecule has 5 heteroatoms. The van der Waals surface area contributed by atoms with Gasteiger partial charge in [-0.3, -0.25) is 4.99 Å². The molecule has 0 radical (unpaired) electrons. The van der Waals surface area contributed by atoms with Crippen LogP contribution in [0.1, 0.15) is 23.1 Å². The molecule has 0 fully saturated rings. The summed E-state index contributed by atoms with van der Waals surface area (Å²) in [4.78, 5) is 4.76. The lowest BCUT2D eigenvalue weighted by atomic mass is 9.93. The summed E-state index contributed by atoms with van der Waals surface area (Å²) in [5, 5.41) is 0. The third-order valence-corrected chi connectivity index (χ3v) is 4.70. The fraction of sp³-hybridized carbons (Fsp3) is 0.381. The smallest absolute Gasteiger partial charge is 0.161 e. The monoisotopic (exact) mass is 355 g/mol. The van der Waals surface area contributed by atoms with Gasteiger partial charge in [-0.25, -0.2) is 0 Å². The summed E-state index contributed by atoms with van der Waals surface area (Å²) >= 11 is 0. The van der Waals surface area contributed by atoms with Crippen LogP contribution in [0.2, 0.25) is 0 Å². The van der Waals surface area contributed by atoms with Crippen molar-refractivity contribution in [2.45, 2.75) is 19.3 Å². The molecule has 0 atom stereocenters. The standard InChI is InChI=1S/C21H25NO4/c1-23-18-8-6-14(11-19(18)24-2)5-7-17-16-13-21(26-4)20(25-3)12-15(16)9-10-22-17/h6,8,11-13H,5,7,9-10H2,1-4H3. The molecule has 0 bridgehead atoms. The van der Waals surface area contributed by atoms with Crippen LogP contribution in [0.5, 0.6) is 23.0 Å². The number of rotatable bonds is 7. The van der Waals surface area contributed by atoms with Gasteiger partial charge in [0.25, 0.3) is 0 Å². The van der Waals surface area contributed by atoms with Crippen LogP contribution in [-0.4, -0.2) is 40.7 Å². The van der Waals surface area contributed by atoms with Gasteiger partial charge < -0.3 is 18.9 Å². The van der Waals surface area contributed by atoms with Crippen LogP contribution in [0, 0.1) is 0 Å². The first-order chi connectivity index (χ1) is 12.7. The molecule has 0 spiro atoms. The lowest BCUT2D eigenvalue weighted by Crippen LogP contribution is -2.14. The molecule has 2 aromatic rings. The van der Waals surface area contributed by atoms with Crippen molar-refractivity contribution in [3.05, 3.63) is 47.0 Å². The lowest BCUT2D eigenvalue weighted by Gasteiger charge is -2.20. The molecule has 2 aromatic carbocycles. The number of aryl methyl sites for hydroxylation is 1. The Labute approximate surface area is 154 Å². The van der Waals surface area contributed by atoms with Gasteiger partial charge in [0.15, 0.2) is 23.0 Å². The van der Waals surface area contributed by atoms with Gasteiger partial charge in [0.1, 0.15) is 0 Å². The summed E-state index contributed by atoms with van der Waals surface area (Å²) in [5.74, 6) is 3.01. The van der Waals surface area contributed by atoms with Gasteiger partial charge in [-0.2, -0.15) is 0 Å². The van der Waals surface area contributed by atoms with Gasteiger partial charge in [-0.05, 0) is 54.7 Å². The zero-order valence-corrected chi connectivity index (χ0v) is 15.8. The first kappa shape index (κ1) is 18.1. The zero-order chi connectivity index (χ0) is 18.5. The van der Waals surface area contributed by atoms with Gasteiger partial charge >= 0.3 is 0 Å². The van der Waals surface area contributed by atoms with Gasteiger partial charge in [0.2, 0.25) is 0 Å². The van der Waals surface area contributed by atoms with E-state index in [1.807, 2.05) is 18.2 Å². The highest BCUT2D eigenvalue weighted by molar-refractivity contribution is 6.03.